The van der Waals surface area contributed by atoms with E-state index >= 15 is 0 Å². The van der Waals surface area contributed by atoms with E-state index in [2.05, 4.69) is 0 Å². The van der Waals surface area contributed by atoms with Crippen molar-refractivity contribution in [2.75, 3.05) is 26.4 Å². The minimum absolute atomic E-state index is 0.0486. The molecule has 0 amide bonds. The molecular weight excluding hydrogens is 120 g/mol. The van der Waals surface area contributed by atoms with E-state index in [1.165, 1.54) is 0 Å². The Morgan fingerprint density at radius 1 is 1.22 bits per heavy atom. The first kappa shape index (κ1) is 6.71. The molecule has 52 valence electrons. The summed E-state index contributed by atoms with van der Waals surface area (Å²) >= 11 is 0. The third-order valence-corrected chi connectivity index (χ3v) is 1.23. The lowest BCUT2D eigenvalue weighted by Gasteiger charge is -2.01. The van der Waals surface area contributed by atoms with Crippen LogP contribution in [0.3, 0.4) is 0 Å². The zero-order valence-electron chi connectivity index (χ0n) is 5.21. The van der Waals surface area contributed by atoms with Gasteiger partial charge in [0.25, 0.3) is 0 Å². The van der Waals surface area contributed by atoms with Crippen LogP contribution in [-0.4, -0.2) is 32.7 Å². The lowest BCUT2D eigenvalue weighted by Crippen LogP contribution is -2.12. The first-order valence-corrected chi connectivity index (χ1v) is 3.04. The predicted octanol–water partition coefficient (Wildman–Crippen LogP) is -0.152. The Hall–Kier alpha value is -0.410. The Kier molecular flexibility index (Phi) is 2.67. The molecule has 1 aliphatic rings. The number of hydrogen-bond donors (Lipinski definition) is 0. The smallest absolute Gasteiger partial charge is 0.127 e. The van der Waals surface area contributed by atoms with Crippen molar-refractivity contribution in [3.63, 3.8) is 0 Å². The average Bonchev–Trinajstić information content (AvgIpc) is 2.13. The number of carbonyl (C=O) groups is 1. The van der Waals surface area contributed by atoms with E-state index in [4.69, 9.17) is 9.47 Å². The van der Waals surface area contributed by atoms with E-state index in [1.807, 2.05) is 0 Å². The summed E-state index contributed by atoms with van der Waals surface area (Å²) in [6, 6.07) is 0. The Labute approximate surface area is 53.9 Å². The lowest BCUT2D eigenvalue weighted by molar-refractivity contribution is -0.113. The molecule has 0 aromatic rings. The van der Waals surface area contributed by atoms with Crippen LogP contribution in [0.4, 0.5) is 0 Å². The number of ether oxygens (including phenoxy) is 2. The molecule has 0 aromatic heterocycles. The van der Waals surface area contributed by atoms with Crippen molar-refractivity contribution in [2.24, 2.45) is 5.92 Å². The summed E-state index contributed by atoms with van der Waals surface area (Å²) in [5, 5.41) is 0. The van der Waals surface area contributed by atoms with Gasteiger partial charge in [-0.25, -0.2) is 0 Å². The third-order valence-electron chi connectivity index (χ3n) is 1.23. The van der Waals surface area contributed by atoms with Gasteiger partial charge in [0.05, 0.1) is 32.3 Å². The van der Waals surface area contributed by atoms with Gasteiger partial charge in [0.2, 0.25) is 0 Å². The molecule has 0 radical (unpaired) electrons. The molecule has 0 aromatic carbocycles. The molecule has 0 aliphatic carbocycles. The van der Waals surface area contributed by atoms with Crippen molar-refractivity contribution < 1.29 is 14.3 Å². The van der Waals surface area contributed by atoms with Gasteiger partial charge < -0.3 is 14.3 Å². The van der Waals surface area contributed by atoms with Crippen LogP contribution in [0.25, 0.3) is 0 Å². The van der Waals surface area contributed by atoms with Gasteiger partial charge in [0.15, 0.2) is 0 Å². The molecule has 1 saturated heterocycles. The van der Waals surface area contributed by atoms with Crippen molar-refractivity contribution in [3.8, 4) is 0 Å². The first-order valence-electron chi connectivity index (χ1n) is 3.04. The topological polar surface area (TPSA) is 35.5 Å². The fourth-order valence-corrected chi connectivity index (χ4v) is 0.714. The highest BCUT2D eigenvalue weighted by Gasteiger charge is 2.10. The second-order valence-electron chi connectivity index (χ2n) is 2.05. The van der Waals surface area contributed by atoms with Gasteiger partial charge in [-0.05, 0) is 0 Å². The summed E-state index contributed by atoms with van der Waals surface area (Å²) in [4.78, 5) is 10.2. The Morgan fingerprint density at radius 3 is 2.22 bits per heavy atom. The molecule has 1 fully saturated rings. The van der Waals surface area contributed by atoms with Crippen LogP contribution in [0.2, 0.25) is 0 Å². The quantitative estimate of drug-likeness (QED) is 0.463. The fraction of sp³-hybridized carbons (Fsp3) is 0.833. The fourth-order valence-electron chi connectivity index (χ4n) is 0.714. The maximum Gasteiger partial charge on any atom is 0.127 e. The van der Waals surface area contributed by atoms with Crippen molar-refractivity contribution in [2.45, 2.75) is 0 Å². The second kappa shape index (κ2) is 3.58. The zero-order chi connectivity index (χ0) is 6.53. The Morgan fingerprint density at radius 2 is 1.78 bits per heavy atom. The van der Waals surface area contributed by atoms with Crippen LogP contribution in [0, 0.1) is 5.92 Å². The van der Waals surface area contributed by atoms with E-state index in [0.29, 0.717) is 26.4 Å². The normalized spacial score (nSPS) is 23.1. The summed E-state index contributed by atoms with van der Waals surface area (Å²) in [6.45, 7) is 2.27. The average molecular weight is 130 g/mol. The van der Waals surface area contributed by atoms with E-state index in [9.17, 15) is 4.79 Å². The molecule has 0 atom stereocenters. The molecule has 1 heterocycles. The number of hydrogen-bond acceptors (Lipinski definition) is 3. The SMILES string of the molecule is O=CC1COCCOC1. The minimum atomic E-state index is -0.0486. The van der Waals surface area contributed by atoms with Crippen LogP contribution in [0.5, 0.6) is 0 Å². The van der Waals surface area contributed by atoms with Crippen LogP contribution in [-0.2, 0) is 14.3 Å². The van der Waals surface area contributed by atoms with Gasteiger partial charge in [0, 0.05) is 0 Å². The standard InChI is InChI=1S/C6H10O3/c7-3-6-4-8-1-2-9-5-6/h3,6H,1-2,4-5H2. The highest BCUT2D eigenvalue weighted by Crippen LogP contribution is 1.98. The van der Waals surface area contributed by atoms with Crippen LogP contribution in [0.15, 0.2) is 0 Å². The summed E-state index contributed by atoms with van der Waals surface area (Å²) in [5.41, 5.74) is 0. The molecule has 0 unspecified atom stereocenters. The summed E-state index contributed by atoms with van der Waals surface area (Å²) < 4.78 is 10.1. The van der Waals surface area contributed by atoms with Crippen molar-refractivity contribution in [1.82, 2.24) is 0 Å². The van der Waals surface area contributed by atoms with Crippen molar-refractivity contribution in [3.05, 3.63) is 0 Å². The highest BCUT2D eigenvalue weighted by molar-refractivity contribution is 5.53. The summed E-state index contributed by atoms with van der Waals surface area (Å²) in [5.74, 6) is -0.0486. The number of aldehydes is 1. The molecule has 0 bridgehead atoms. The number of carbonyl (C=O) groups excluding carboxylic acids is 1. The Balaban J connectivity index is 2.26. The lowest BCUT2D eigenvalue weighted by atomic mass is 10.2. The minimum Gasteiger partial charge on any atom is -0.378 e. The third kappa shape index (κ3) is 2.11. The molecule has 3 nitrogen and oxygen atoms in total. The molecule has 1 aliphatic heterocycles. The molecule has 3 heteroatoms. The molecule has 0 saturated carbocycles. The zero-order valence-corrected chi connectivity index (χ0v) is 5.21. The highest BCUT2D eigenvalue weighted by atomic mass is 16.5. The monoisotopic (exact) mass is 130 g/mol. The van der Waals surface area contributed by atoms with E-state index in [0.717, 1.165) is 6.29 Å². The van der Waals surface area contributed by atoms with Gasteiger partial charge in [-0.15, -0.1) is 0 Å². The molecule has 0 spiro atoms. The van der Waals surface area contributed by atoms with Gasteiger partial charge in [-0.1, -0.05) is 0 Å². The summed E-state index contributed by atoms with van der Waals surface area (Å²) in [6.07, 6.45) is 0.880. The maximum absolute atomic E-state index is 10.2. The van der Waals surface area contributed by atoms with Crippen LogP contribution < -0.4 is 0 Å². The van der Waals surface area contributed by atoms with Gasteiger partial charge in [-0.3, -0.25) is 0 Å². The molecule has 9 heavy (non-hydrogen) atoms. The molecular formula is C6H10O3. The van der Waals surface area contributed by atoms with Crippen LogP contribution in [0.1, 0.15) is 0 Å². The molecule has 1 rings (SSSR count). The number of rotatable bonds is 1. The van der Waals surface area contributed by atoms with Crippen molar-refractivity contribution in [1.29, 1.82) is 0 Å². The summed E-state index contributed by atoms with van der Waals surface area (Å²) in [7, 11) is 0. The molecule has 0 N–H and O–H groups in total. The van der Waals surface area contributed by atoms with Gasteiger partial charge in [-0.2, -0.15) is 0 Å². The van der Waals surface area contributed by atoms with Gasteiger partial charge >= 0.3 is 0 Å². The first-order chi connectivity index (χ1) is 4.43. The maximum atomic E-state index is 10.2. The van der Waals surface area contributed by atoms with Gasteiger partial charge in [0.1, 0.15) is 6.29 Å². The van der Waals surface area contributed by atoms with E-state index in [-0.39, 0.29) is 5.92 Å². The largest absolute Gasteiger partial charge is 0.378 e. The second-order valence-corrected chi connectivity index (χ2v) is 2.05. The van der Waals surface area contributed by atoms with E-state index in [1.54, 1.807) is 0 Å². The van der Waals surface area contributed by atoms with Crippen LogP contribution >= 0.6 is 0 Å². The van der Waals surface area contributed by atoms with Crippen molar-refractivity contribution >= 4 is 6.29 Å². The van der Waals surface area contributed by atoms with E-state index < -0.39 is 0 Å². The Bertz CT molecular complexity index is 84.3. The predicted molar refractivity (Wildman–Crippen MR) is 31.2 cm³/mol.